The number of piperazine rings is 1. The summed E-state index contributed by atoms with van der Waals surface area (Å²) in [5.74, 6) is -1.41. The molecule has 260 valence electrons. The highest BCUT2D eigenvalue weighted by Gasteiger charge is 2.45. The number of phenolic OH excluding ortho intramolecular Hbond substituents is 1. The standard InChI is InChI=1S/C36H40N8O6/c1-22-15-16-27(34(48)38-22)44-35(49)24-10-8-11-25(32(24)36(44)50)39-30(46)13-4-2-3-5-14-31(47)43-19-17-42(18-20-43)28-21-26(40-41-33(28)37)23-9-6-7-12-29(23)45/h6-12,21,27,45H,1-5,13-20H2,(H2,37,41)(H,38,48)(H,39,46). The third-order valence-corrected chi connectivity index (χ3v) is 9.35. The van der Waals surface area contributed by atoms with Crippen LogP contribution in [0.3, 0.4) is 0 Å². The molecule has 1 unspecified atom stereocenters. The Balaban J connectivity index is 0.916. The van der Waals surface area contributed by atoms with Crippen LogP contribution >= 0.6 is 0 Å². The first-order chi connectivity index (χ1) is 24.1. The Bertz CT molecular complexity index is 1850. The summed E-state index contributed by atoms with van der Waals surface area (Å²) < 4.78 is 0. The number of anilines is 3. The number of hydrogen-bond donors (Lipinski definition) is 4. The van der Waals surface area contributed by atoms with E-state index >= 15 is 0 Å². The van der Waals surface area contributed by atoms with Gasteiger partial charge in [-0.1, -0.05) is 37.6 Å². The Labute approximate surface area is 289 Å². The lowest BCUT2D eigenvalue weighted by atomic mass is 10.0. The molecule has 2 aromatic carbocycles. The first-order valence-corrected chi connectivity index (χ1v) is 16.9. The number of aromatic hydroxyl groups is 1. The Hall–Kier alpha value is -5.79. The summed E-state index contributed by atoms with van der Waals surface area (Å²) in [4.78, 5) is 69.5. The van der Waals surface area contributed by atoms with Crippen LogP contribution in [0.15, 0.2) is 60.8 Å². The molecule has 14 heteroatoms. The quantitative estimate of drug-likeness (QED) is 0.172. The van der Waals surface area contributed by atoms with E-state index in [1.54, 1.807) is 30.3 Å². The van der Waals surface area contributed by atoms with Crippen LogP contribution in [0, 0.1) is 0 Å². The van der Waals surface area contributed by atoms with Gasteiger partial charge in [0.15, 0.2) is 5.82 Å². The molecule has 50 heavy (non-hydrogen) atoms. The number of rotatable bonds is 11. The number of aromatic nitrogens is 2. The van der Waals surface area contributed by atoms with Gasteiger partial charge in [-0.3, -0.25) is 28.9 Å². The minimum atomic E-state index is -0.928. The van der Waals surface area contributed by atoms with Crippen LogP contribution in [-0.2, 0) is 14.4 Å². The van der Waals surface area contributed by atoms with Gasteiger partial charge >= 0.3 is 0 Å². The fourth-order valence-electron chi connectivity index (χ4n) is 6.65. The van der Waals surface area contributed by atoms with E-state index < -0.39 is 23.8 Å². The molecular weight excluding hydrogens is 640 g/mol. The summed E-state index contributed by atoms with van der Waals surface area (Å²) in [6.07, 6.45) is 4.23. The lowest BCUT2D eigenvalue weighted by Crippen LogP contribution is -2.51. The molecule has 1 atom stereocenters. The number of hydrogen-bond acceptors (Lipinski definition) is 10. The van der Waals surface area contributed by atoms with E-state index in [1.165, 1.54) is 6.07 Å². The van der Waals surface area contributed by atoms with E-state index in [9.17, 15) is 29.1 Å². The third-order valence-electron chi connectivity index (χ3n) is 9.35. The first-order valence-electron chi connectivity index (χ1n) is 16.9. The lowest BCUT2D eigenvalue weighted by molar-refractivity contribution is -0.131. The Morgan fingerprint density at radius 1 is 0.920 bits per heavy atom. The summed E-state index contributed by atoms with van der Waals surface area (Å²) in [5.41, 5.74) is 8.99. The minimum Gasteiger partial charge on any atom is -0.507 e. The van der Waals surface area contributed by atoms with Crippen molar-refractivity contribution in [2.45, 2.75) is 57.4 Å². The molecule has 0 aliphatic carbocycles. The van der Waals surface area contributed by atoms with Gasteiger partial charge in [0.25, 0.3) is 11.8 Å². The van der Waals surface area contributed by atoms with Crippen LogP contribution in [-0.4, -0.2) is 86.9 Å². The smallest absolute Gasteiger partial charge is 0.264 e. The number of benzene rings is 2. The normalized spacial score (nSPS) is 17.5. The molecule has 5 amide bonds. The predicted octanol–water partition coefficient (Wildman–Crippen LogP) is 3.45. The summed E-state index contributed by atoms with van der Waals surface area (Å²) in [6.45, 7) is 6.02. The second-order valence-electron chi connectivity index (χ2n) is 12.7. The van der Waals surface area contributed by atoms with Crippen molar-refractivity contribution < 1.29 is 29.1 Å². The highest BCUT2D eigenvalue weighted by Crippen LogP contribution is 2.34. The third kappa shape index (κ3) is 7.14. The number of nitrogens with one attached hydrogen (secondary N) is 2. The number of nitrogens with two attached hydrogens (primary N) is 1. The van der Waals surface area contributed by atoms with Crippen molar-refractivity contribution in [2.75, 3.05) is 42.1 Å². The number of carbonyl (C=O) groups is 5. The molecule has 2 fully saturated rings. The molecule has 14 nitrogen and oxygen atoms in total. The zero-order valence-corrected chi connectivity index (χ0v) is 27.7. The van der Waals surface area contributed by atoms with Crippen LogP contribution in [0.25, 0.3) is 11.3 Å². The van der Waals surface area contributed by atoms with E-state index in [1.807, 2.05) is 17.0 Å². The van der Waals surface area contributed by atoms with Crippen molar-refractivity contribution in [1.29, 1.82) is 0 Å². The number of nitrogen functional groups attached to an aromatic ring is 1. The molecule has 2 saturated heterocycles. The Morgan fingerprint density at radius 2 is 1.64 bits per heavy atom. The largest absolute Gasteiger partial charge is 0.507 e. The van der Waals surface area contributed by atoms with E-state index in [4.69, 9.17) is 5.73 Å². The van der Waals surface area contributed by atoms with E-state index in [-0.39, 0.29) is 46.6 Å². The highest BCUT2D eigenvalue weighted by atomic mass is 16.3. The SMILES string of the molecule is C=C1CCC(N2C(=O)c3cccc(NC(=O)CCCCCCC(=O)N4CCN(c5cc(-c6ccccc6O)nnc5N)CC4)c3C2=O)C(=O)N1. The number of allylic oxidation sites excluding steroid dienone is 1. The molecule has 1 aromatic heterocycles. The molecule has 5 N–H and O–H groups in total. The monoisotopic (exact) mass is 680 g/mol. The highest BCUT2D eigenvalue weighted by molar-refractivity contribution is 6.25. The number of carbonyl (C=O) groups excluding carboxylic acids is 5. The first kappa shape index (κ1) is 34.1. The van der Waals surface area contributed by atoms with Gasteiger partial charge in [-0.15, -0.1) is 10.2 Å². The van der Waals surface area contributed by atoms with Gasteiger partial charge in [0, 0.05) is 50.3 Å². The number of piperidine rings is 1. The summed E-state index contributed by atoms with van der Waals surface area (Å²) in [5, 5.41) is 23.8. The maximum absolute atomic E-state index is 13.3. The summed E-state index contributed by atoms with van der Waals surface area (Å²) in [7, 11) is 0. The van der Waals surface area contributed by atoms with Gasteiger partial charge in [0.05, 0.1) is 28.2 Å². The number of imide groups is 1. The van der Waals surface area contributed by atoms with Gasteiger partial charge in [0.2, 0.25) is 17.7 Å². The van der Waals surface area contributed by atoms with Gasteiger partial charge in [-0.05, 0) is 56.0 Å². The molecule has 3 aliphatic heterocycles. The lowest BCUT2D eigenvalue weighted by Gasteiger charge is -2.36. The van der Waals surface area contributed by atoms with Crippen molar-refractivity contribution in [2.24, 2.45) is 0 Å². The van der Waals surface area contributed by atoms with Crippen LogP contribution in [0.1, 0.15) is 72.1 Å². The molecule has 3 aromatic rings. The van der Waals surface area contributed by atoms with Crippen molar-refractivity contribution in [3.8, 4) is 17.0 Å². The maximum atomic E-state index is 13.3. The number of phenols is 1. The zero-order valence-electron chi connectivity index (χ0n) is 27.7. The topological polar surface area (TPSA) is 191 Å². The molecule has 0 spiro atoms. The fraction of sp³-hybridized carbons (Fsp3) is 0.361. The second-order valence-corrected chi connectivity index (χ2v) is 12.7. The number of amides is 5. The van der Waals surface area contributed by atoms with E-state index in [2.05, 4.69) is 32.3 Å². The zero-order chi connectivity index (χ0) is 35.4. The van der Waals surface area contributed by atoms with Gasteiger partial charge in [-0.25, -0.2) is 0 Å². The molecule has 0 bridgehead atoms. The van der Waals surface area contributed by atoms with Gasteiger partial charge in [-0.2, -0.15) is 0 Å². The van der Waals surface area contributed by atoms with Crippen molar-refractivity contribution in [3.05, 3.63) is 71.9 Å². The van der Waals surface area contributed by atoms with Gasteiger partial charge < -0.3 is 31.3 Å². The van der Waals surface area contributed by atoms with Gasteiger partial charge in [0.1, 0.15) is 11.8 Å². The average molecular weight is 681 g/mol. The van der Waals surface area contributed by atoms with Crippen LogP contribution in [0.4, 0.5) is 17.2 Å². The molecule has 6 rings (SSSR count). The van der Waals surface area contributed by atoms with Crippen LogP contribution in [0.5, 0.6) is 5.75 Å². The Kier molecular flexibility index (Phi) is 10.1. The number of para-hydroxylation sites is 1. The number of fused-ring (bicyclic) bond motifs is 1. The molecular formula is C36H40N8O6. The molecule has 4 heterocycles. The van der Waals surface area contributed by atoms with Crippen LogP contribution < -0.4 is 21.3 Å². The minimum absolute atomic E-state index is 0.0833. The second kappa shape index (κ2) is 14.8. The number of nitrogens with zero attached hydrogens (tertiary/aromatic N) is 5. The molecule has 0 saturated carbocycles. The average Bonchev–Trinajstić information content (AvgIpc) is 3.36. The Morgan fingerprint density at radius 3 is 2.38 bits per heavy atom. The van der Waals surface area contributed by atoms with Crippen molar-refractivity contribution >= 4 is 46.7 Å². The maximum Gasteiger partial charge on any atom is 0.264 e. The van der Waals surface area contributed by atoms with Crippen molar-refractivity contribution in [3.63, 3.8) is 0 Å². The predicted molar refractivity (Wildman–Crippen MR) is 186 cm³/mol. The molecule has 0 radical (unpaired) electrons. The molecule has 3 aliphatic rings. The van der Waals surface area contributed by atoms with Crippen LogP contribution in [0.2, 0.25) is 0 Å². The van der Waals surface area contributed by atoms with E-state index in [0.29, 0.717) is 80.9 Å². The fourth-order valence-corrected chi connectivity index (χ4v) is 6.65. The number of unbranched alkanes of at least 4 members (excludes halogenated alkanes) is 3. The van der Waals surface area contributed by atoms with Crippen molar-refractivity contribution in [1.82, 2.24) is 25.3 Å². The summed E-state index contributed by atoms with van der Waals surface area (Å²) in [6, 6.07) is 12.5. The van der Waals surface area contributed by atoms with E-state index in [0.717, 1.165) is 17.7 Å². The summed E-state index contributed by atoms with van der Waals surface area (Å²) >= 11 is 0.